The van der Waals surface area contributed by atoms with E-state index in [0.717, 1.165) is 6.20 Å². The van der Waals surface area contributed by atoms with E-state index >= 15 is 0 Å². The lowest BCUT2D eigenvalue weighted by Crippen LogP contribution is -2.20. The molecule has 1 aromatic heterocycles. The zero-order chi connectivity index (χ0) is 22.3. The largest absolute Gasteiger partial charge is 0.477 e. The summed E-state index contributed by atoms with van der Waals surface area (Å²) < 4.78 is 35.1. The molecule has 2 rings (SSSR count). The monoisotopic (exact) mass is 425 g/mol. The number of benzene rings is 1. The van der Waals surface area contributed by atoms with Crippen molar-refractivity contribution >= 4 is 28.5 Å². The molecule has 156 valence electrons. The summed E-state index contributed by atoms with van der Waals surface area (Å²) in [4.78, 5) is 23.8. The summed E-state index contributed by atoms with van der Waals surface area (Å²) in [5.74, 6) is -4.72. The van der Waals surface area contributed by atoms with Crippen LogP contribution in [0.15, 0.2) is 52.7 Å². The Hall–Kier alpha value is -2.93. The highest BCUT2D eigenvalue weighted by molar-refractivity contribution is 6.29. The molecule has 0 atom stereocenters. The van der Waals surface area contributed by atoms with E-state index in [4.69, 9.17) is 16.3 Å². The number of rotatable bonds is 6. The summed E-state index contributed by atoms with van der Waals surface area (Å²) in [5.41, 5.74) is -1.66. The van der Waals surface area contributed by atoms with Crippen LogP contribution in [0.3, 0.4) is 0 Å². The molecule has 0 unspecified atom stereocenters. The second kappa shape index (κ2) is 10.6. The maximum Gasteiger partial charge on any atom is 0.341 e. The van der Waals surface area contributed by atoms with Gasteiger partial charge in [0.05, 0.1) is 10.9 Å². The van der Waals surface area contributed by atoms with E-state index in [0.29, 0.717) is 11.1 Å². The summed E-state index contributed by atoms with van der Waals surface area (Å²) in [6, 6.07) is 0.651. The van der Waals surface area contributed by atoms with Gasteiger partial charge < -0.3 is 14.4 Å². The van der Waals surface area contributed by atoms with Crippen LogP contribution in [0.1, 0.15) is 38.1 Å². The number of fused-ring (bicyclic) bond motifs is 1. The molecule has 1 heterocycles. The Morgan fingerprint density at radius 3 is 2.52 bits per heavy atom. The summed E-state index contributed by atoms with van der Waals surface area (Å²) in [7, 11) is 0. The van der Waals surface area contributed by atoms with Gasteiger partial charge in [-0.05, 0) is 26.0 Å². The van der Waals surface area contributed by atoms with Crippen LogP contribution in [0.4, 0.5) is 8.78 Å². The fourth-order valence-corrected chi connectivity index (χ4v) is 2.51. The van der Waals surface area contributed by atoms with E-state index in [1.807, 2.05) is 13.8 Å². The van der Waals surface area contributed by atoms with Crippen LogP contribution in [0.2, 0.25) is 0 Å². The zero-order valence-electron chi connectivity index (χ0n) is 16.6. The average Bonchev–Trinajstić information content (AvgIpc) is 2.66. The first-order chi connectivity index (χ1) is 13.7. The van der Waals surface area contributed by atoms with Crippen LogP contribution in [0, 0.1) is 11.6 Å². The van der Waals surface area contributed by atoms with Crippen molar-refractivity contribution in [1.82, 2.24) is 4.57 Å². The number of nitrogens with zero attached hydrogens (tertiary/aromatic N) is 1. The summed E-state index contributed by atoms with van der Waals surface area (Å²) in [6.07, 6.45) is 5.55. The topological polar surface area (TPSA) is 68.5 Å². The van der Waals surface area contributed by atoms with Crippen LogP contribution in [0.5, 0.6) is 5.75 Å². The van der Waals surface area contributed by atoms with Gasteiger partial charge in [-0.25, -0.2) is 9.18 Å². The predicted molar refractivity (Wildman–Crippen MR) is 111 cm³/mol. The minimum absolute atomic E-state index is 0.00389. The van der Waals surface area contributed by atoms with Crippen LogP contribution in [-0.4, -0.2) is 15.6 Å². The maximum absolute atomic E-state index is 14.5. The molecule has 0 spiro atoms. The van der Waals surface area contributed by atoms with Crippen molar-refractivity contribution in [2.75, 3.05) is 0 Å². The lowest BCUT2D eigenvalue weighted by Gasteiger charge is -2.16. The fraction of sp³-hybridized carbons (Fsp3) is 0.238. The Kier molecular flexibility index (Phi) is 8.79. The van der Waals surface area contributed by atoms with E-state index in [9.17, 15) is 23.5 Å². The molecule has 0 saturated carbocycles. The van der Waals surface area contributed by atoms with Crippen LogP contribution < -0.4 is 10.2 Å². The van der Waals surface area contributed by atoms with E-state index in [1.165, 1.54) is 16.7 Å². The third-order valence-corrected chi connectivity index (χ3v) is 3.75. The molecular weight excluding hydrogens is 404 g/mol. The number of pyridine rings is 1. The van der Waals surface area contributed by atoms with Gasteiger partial charge in [0, 0.05) is 17.8 Å². The normalized spacial score (nSPS) is 11.3. The first-order valence-electron chi connectivity index (χ1n) is 8.77. The number of hydrogen-bond acceptors (Lipinski definition) is 3. The first kappa shape index (κ1) is 24.1. The lowest BCUT2D eigenvalue weighted by molar-refractivity contribution is 0.0695. The van der Waals surface area contributed by atoms with Crippen LogP contribution >= 0.6 is 11.6 Å². The smallest absolute Gasteiger partial charge is 0.341 e. The maximum atomic E-state index is 14.5. The van der Waals surface area contributed by atoms with Crippen molar-refractivity contribution in [3.05, 3.63) is 75.3 Å². The van der Waals surface area contributed by atoms with Crippen molar-refractivity contribution in [2.24, 2.45) is 0 Å². The Morgan fingerprint density at radius 2 is 2.00 bits per heavy atom. The highest BCUT2D eigenvalue weighted by atomic mass is 35.5. The molecule has 1 N–H and O–H groups in total. The molecule has 2 aromatic rings. The van der Waals surface area contributed by atoms with Gasteiger partial charge in [-0.15, -0.1) is 0 Å². The standard InChI is InChI=1S/C19H16ClF2NO4.C2H6/c1-4-5-11(3)27-18-15(22)14(21)8-12-16(18)23(7-6-10(2)20)9-13(17(12)24)19(25)26;1-2/h4-6,8-9H,3,7H2,1-2H3,(H,25,26);1-2H3/b5-4-,10-6+;. The highest BCUT2D eigenvalue weighted by Crippen LogP contribution is 2.31. The summed E-state index contributed by atoms with van der Waals surface area (Å²) in [6.45, 7) is 10.9. The van der Waals surface area contributed by atoms with Crippen molar-refractivity contribution < 1.29 is 23.4 Å². The number of carboxylic acid groups (broad SMARTS) is 1. The second-order valence-electron chi connectivity index (χ2n) is 5.59. The molecule has 0 saturated heterocycles. The van der Waals surface area contributed by atoms with Crippen molar-refractivity contribution in [1.29, 1.82) is 0 Å². The number of allylic oxidation sites excluding steroid dienone is 4. The number of aromatic nitrogens is 1. The number of ether oxygens (including phenoxy) is 1. The van der Waals surface area contributed by atoms with Crippen molar-refractivity contribution in [3.8, 4) is 5.75 Å². The molecule has 0 amide bonds. The number of hydrogen-bond donors (Lipinski definition) is 1. The molecule has 0 radical (unpaired) electrons. The molecule has 0 aliphatic rings. The Labute approximate surface area is 172 Å². The lowest BCUT2D eigenvalue weighted by atomic mass is 10.1. The second-order valence-corrected chi connectivity index (χ2v) is 6.18. The minimum Gasteiger partial charge on any atom is -0.477 e. The molecule has 5 nitrogen and oxygen atoms in total. The summed E-state index contributed by atoms with van der Waals surface area (Å²) in [5, 5.41) is 9.31. The van der Waals surface area contributed by atoms with Gasteiger partial charge in [-0.1, -0.05) is 44.2 Å². The first-order valence-corrected chi connectivity index (χ1v) is 9.15. The number of halogens is 3. The third kappa shape index (κ3) is 5.54. The minimum atomic E-state index is -1.49. The molecule has 8 heteroatoms. The predicted octanol–water partition coefficient (Wildman–Crippen LogP) is 5.62. The molecular formula is C21H22ClF2NO4. The molecule has 0 aliphatic heterocycles. The Bertz CT molecular complexity index is 1050. The van der Waals surface area contributed by atoms with Gasteiger partial charge in [0.1, 0.15) is 11.3 Å². The molecule has 1 aromatic carbocycles. The van der Waals surface area contributed by atoms with Gasteiger partial charge in [-0.3, -0.25) is 4.79 Å². The zero-order valence-corrected chi connectivity index (χ0v) is 17.3. The number of aromatic carboxylic acids is 1. The van der Waals surface area contributed by atoms with Crippen molar-refractivity contribution in [2.45, 2.75) is 34.2 Å². The van der Waals surface area contributed by atoms with Crippen LogP contribution in [0.25, 0.3) is 10.9 Å². The fourth-order valence-electron chi connectivity index (χ4n) is 2.44. The number of carbonyl (C=O) groups is 1. The summed E-state index contributed by atoms with van der Waals surface area (Å²) >= 11 is 5.82. The van der Waals surface area contributed by atoms with Gasteiger partial charge in [0.25, 0.3) is 0 Å². The van der Waals surface area contributed by atoms with Gasteiger partial charge in [-0.2, -0.15) is 4.39 Å². The average molecular weight is 426 g/mol. The quantitative estimate of drug-likeness (QED) is 0.482. The van der Waals surface area contributed by atoms with Crippen molar-refractivity contribution in [3.63, 3.8) is 0 Å². The molecule has 29 heavy (non-hydrogen) atoms. The molecule has 0 aliphatic carbocycles. The van der Waals surface area contributed by atoms with Gasteiger partial charge in [0.2, 0.25) is 11.2 Å². The molecule has 0 bridgehead atoms. The van der Waals surface area contributed by atoms with E-state index in [-0.39, 0.29) is 23.2 Å². The Balaban J connectivity index is 0.00000204. The van der Waals surface area contributed by atoms with E-state index < -0.39 is 34.3 Å². The Morgan fingerprint density at radius 1 is 1.38 bits per heavy atom. The highest BCUT2D eigenvalue weighted by Gasteiger charge is 2.23. The van der Waals surface area contributed by atoms with E-state index in [2.05, 4.69) is 6.58 Å². The van der Waals surface area contributed by atoms with E-state index in [1.54, 1.807) is 19.9 Å². The van der Waals surface area contributed by atoms with Gasteiger partial charge >= 0.3 is 5.97 Å². The molecule has 0 fully saturated rings. The number of carboxylic acids is 1. The SMILES string of the molecule is C=C(/C=C\C)Oc1c(F)c(F)cc2c(=O)c(C(=O)O)cn(C/C=C(\C)Cl)c12.CC. The third-order valence-electron chi connectivity index (χ3n) is 3.60. The van der Waals surface area contributed by atoms with Gasteiger partial charge in [0.15, 0.2) is 11.6 Å². The van der Waals surface area contributed by atoms with Crippen LogP contribution in [-0.2, 0) is 6.54 Å².